The van der Waals surface area contributed by atoms with E-state index in [4.69, 9.17) is 4.74 Å². The molecular weight excluding hydrogens is 228 g/mol. The summed E-state index contributed by atoms with van der Waals surface area (Å²) in [6.07, 6.45) is 0.821. The summed E-state index contributed by atoms with van der Waals surface area (Å²) >= 11 is 0. The average Bonchev–Trinajstić information content (AvgIpc) is 2.24. The van der Waals surface area contributed by atoms with E-state index >= 15 is 0 Å². The average molecular weight is 256 g/mol. The lowest BCUT2D eigenvalue weighted by atomic mass is 9.79. The number of hydrogen-bond acceptors (Lipinski definition) is 3. The molecule has 0 spiro atoms. The third-order valence-electron chi connectivity index (χ3n) is 3.44. The SMILES string of the molecule is CC(C)C1CNCCC1CNC(=O)OC(C)(C)C. The summed E-state index contributed by atoms with van der Waals surface area (Å²) in [5.41, 5.74) is -0.421. The zero-order valence-corrected chi connectivity index (χ0v) is 12.4. The van der Waals surface area contributed by atoms with Crippen molar-refractivity contribution in [2.75, 3.05) is 19.6 Å². The van der Waals surface area contributed by atoms with Crippen molar-refractivity contribution < 1.29 is 9.53 Å². The Labute approximate surface area is 111 Å². The highest BCUT2D eigenvalue weighted by atomic mass is 16.6. The molecule has 1 amide bonds. The zero-order valence-electron chi connectivity index (χ0n) is 12.4. The minimum atomic E-state index is -0.421. The molecule has 0 bridgehead atoms. The molecule has 1 heterocycles. The molecule has 4 heteroatoms. The zero-order chi connectivity index (χ0) is 13.8. The smallest absolute Gasteiger partial charge is 0.407 e. The number of ether oxygens (including phenoxy) is 1. The maximum absolute atomic E-state index is 11.6. The van der Waals surface area contributed by atoms with Crippen molar-refractivity contribution in [1.29, 1.82) is 0 Å². The summed E-state index contributed by atoms with van der Waals surface area (Å²) in [5, 5.41) is 6.33. The summed E-state index contributed by atoms with van der Waals surface area (Å²) in [6, 6.07) is 0. The molecule has 106 valence electrons. The molecule has 2 unspecified atom stereocenters. The van der Waals surface area contributed by atoms with Crippen LogP contribution in [0.2, 0.25) is 0 Å². The van der Waals surface area contributed by atoms with Crippen molar-refractivity contribution in [2.45, 2.75) is 46.6 Å². The number of carbonyl (C=O) groups is 1. The van der Waals surface area contributed by atoms with Gasteiger partial charge in [0.05, 0.1) is 0 Å². The van der Waals surface area contributed by atoms with Crippen LogP contribution in [-0.2, 0) is 4.74 Å². The van der Waals surface area contributed by atoms with E-state index in [1.807, 2.05) is 20.8 Å². The summed E-state index contributed by atoms with van der Waals surface area (Å²) in [7, 11) is 0. The van der Waals surface area contributed by atoms with Crippen molar-refractivity contribution in [1.82, 2.24) is 10.6 Å². The van der Waals surface area contributed by atoms with Gasteiger partial charge in [0.1, 0.15) is 5.60 Å². The lowest BCUT2D eigenvalue weighted by molar-refractivity contribution is 0.0502. The van der Waals surface area contributed by atoms with Gasteiger partial charge in [-0.1, -0.05) is 13.8 Å². The predicted molar refractivity (Wildman–Crippen MR) is 73.5 cm³/mol. The lowest BCUT2D eigenvalue weighted by Gasteiger charge is -2.35. The second-order valence-corrected chi connectivity index (χ2v) is 6.54. The van der Waals surface area contributed by atoms with Gasteiger partial charge in [-0.15, -0.1) is 0 Å². The molecule has 0 aromatic rings. The predicted octanol–water partition coefficient (Wildman–Crippen LogP) is 2.39. The van der Waals surface area contributed by atoms with Gasteiger partial charge in [0.25, 0.3) is 0 Å². The molecule has 0 aliphatic carbocycles. The molecule has 2 N–H and O–H groups in total. The van der Waals surface area contributed by atoms with Crippen LogP contribution in [0.25, 0.3) is 0 Å². The van der Waals surface area contributed by atoms with Crippen LogP contribution in [-0.4, -0.2) is 31.3 Å². The molecule has 2 atom stereocenters. The maximum atomic E-state index is 11.6. The van der Waals surface area contributed by atoms with Crippen LogP contribution < -0.4 is 10.6 Å². The monoisotopic (exact) mass is 256 g/mol. The van der Waals surface area contributed by atoms with Gasteiger partial charge in [-0.2, -0.15) is 0 Å². The fraction of sp³-hybridized carbons (Fsp3) is 0.929. The van der Waals surface area contributed by atoms with E-state index in [2.05, 4.69) is 24.5 Å². The van der Waals surface area contributed by atoms with Gasteiger partial charge in [-0.25, -0.2) is 4.79 Å². The molecule has 1 fully saturated rings. The third-order valence-corrected chi connectivity index (χ3v) is 3.44. The van der Waals surface area contributed by atoms with Gasteiger partial charge in [0.2, 0.25) is 0 Å². The number of hydrogen-bond donors (Lipinski definition) is 2. The molecule has 1 saturated heterocycles. The van der Waals surface area contributed by atoms with Crippen LogP contribution in [0, 0.1) is 17.8 Å². The Balaban J connectivity index is 2.39. The highest BCUT2D eigenvalue weighted by Gasteiger charge is 2.28. The standard InChI is InChI=1S/C14H28N2O2/c1-10(2)12-9-15-7-6-11(12)8-16-13(17)18-14(3,4)5/h10-12,15H,6-9H2,1-5H3,(H,16,17). The minimum Gasteiger partial charge on any atom is -0.444 e. The van der Waals surface area contributed by atoms with Gasteiger partial charge >= 0.3 is 6.09 Å². The largest absolute Gasteiger partial charge is 0.444 e. The molecule has 0 aromatic heterocycles. The molecule has 18 heavy (non-hydrogen) atoms. The van der Waals surface area contributed by atoms with E-state index in [0.717, 1.165) is 26.1 Å². The molecule has 1 rings (SSSR count). The van der Waals surface area contributed by atoms with Gasteiger partial charge in [-0.05, 0) is 58.0 Å². The third kappa shape index (κ3) is 5.25. The summed E-state index contributed by atoms with van der Waals surface area (Å²) in [5.74, 6) is 1.83. The number of amides is 1. The normalized spacial score (nSPS) is 25.0. The van der Waals surface area contributed by atoms with Crippen LogP contribution in [0.3, 0.4) is 0 Å². The van der Waals surface area contributed by atoms with Gasteiger partial charge < -0.3 is 15.4 Å². The fourth-order valence-electron chi connectivity index (χ4n) is 2.50. The molecule has 0 radical (unpaired) electrons. The van der Waals surface area contributed by atoms with Crippen molar-refractivity contribution in [2.24, 2.45) is 17.8 Å². The Morgan fingerprint density at radius 3 is 2.67 bits per heavy atom. The van der Waals surface area contributed by atoms with E-state index in [0.29, 0.717) is 17.8 Å². The van der Waals surface area contributed by atoms with Crippen molar-refractivity contribution in [3.05, 3.63) is 0 Å². The molecule has 4 nitrogen and oxygen atoms in total. The molecule has 0 aromatic carbocycles. The minimum absolute atomic E-state index is 0.302. The number of carbonyl (C=O) groups excluding carboxylic acids is 1. The molecule has 1 aliphatic heterocycles. The highest BCUT2D eigenvalue weighted by molar-refractivity contribution is 5.67. The Kier molecular flexibility index (Phi) is 5.45. The van der Waals surface area contributed by atoms with Crippen LogP contribution in [0.4, 0.5) is 4.79 Å². The van der Waals surface area contributed by atoms with E-state index in [1.165, 1.54) is 0 Å². The van der Waals surface area contributed by atoms with E-state index in [1.54, 1.807) is 0 Å². The maximum Gasteiger partial charge on any atom is 0.407 e. The van der Waals surface area contributed by atoms with Crippen LogP contribution in [0.15, 0.2) is 0 Å². The molecule has 1 aliphatic rings. The summed E-state index contributed by atoms with van der Waals surface area (Å²) < 4.78 is 5.26. The van der Waals surface area contributed by atoms with Crippen LogP contribution >= 0.6 is 0 Å². The molecule has 0 saturated carbocycles. The molecular formula is C14H28N2O2. The van der Waals surface area contributed by atoms with Gasteiger partial charge in [0.15, 0.2) is 0 Å². The highest BCUT2D eigenvalue weighted by Crippen LogP contribution is 2.25. The second kappa shape index (κ2) is 6.41. The van der Waals surface area contributed by atoms with Crippen molar-refractivity contribution >= 4 is 6.09 Å². The first-order chi connectivity index (χ1) is 8.29. The Bertz CT molecular complexity index is 271. The van der Waals surface area contributed by atoms with Crippen LogP contribution in [0.5, 0.6) is 0 Å². The topological polar surface area (TPSA) is 50.4 Å². The quantitative estimate of drug-likeness (QED) is 0.815. The summed E-state index contributed by atoms with van der Waals surface area (Å²) in [4.78, 5) is 11.6. The van der Waals surface area contributed by atoms with Crippen molar-refractivity contribution in [3.8, 4) is 0 Å². The van der Waals surface area contributed by atoms with E-state index in [-0.39, 0.29) is 6.09 Å². The number of rotatable bonds is 3. The first-order valence-electron chi connectivity index (χ1n) is 6.97. The van der Waals surface area contributed by atoms with Gasteiger partial charge in [0, 0.05) is 6.54 Å². The van der Waals surface area contributed by atoms with E-state index in [9.17, 15) is 4.79 Å². The number of piperidine rings is 1. The van der Waals surface area contributed by atoms with Crippen molar-refractivity contribution in [3.63, 3.8) is 0 Å². The Morgan fingerprint density at radius 2 is 2.11 bits per heavy atom. The first kappa shape index (κ1) is 15.3. The first-order valence-corrected chi connectivity index (χ1v) is 6.97. The lowest BCUT2D eigenvalue weighted by Crippen LogP contribution is -2.45. The second-order valence-electron chi connectivity index (χ2n) is 6.54. The Morgan fingerprint density at radius 1 is 1.44 bits per heavy atom. The van der Waals surface area contributed by atoms with Crippen LogP contribution in [0.1, 0.15) is 41.0 Å². The summed E-state index contributed by atoms with van der Waals surface area (Å²) in [6.45, 7) is 13.0. The number of nitrogens with one attached hydrogen (secondary N) is 2. The number of alkyl carbamates (subject to hydrolysis) is 1. The van der Waals surface area contributed by atoms with E-state index < -0.39 is 5.60 Å². The Hall–Kier alpha value is -0.770. The fourth-order valence-corrected chi connectivity index (χ4v) is 2.50. The van der Waals surface area contributed by atoms with Gasteiger partial charge in [-0.3, -0.25) is 0 Å².